The van der Waals surface area contributed by atoms with Crippen molar-refractivity contribution in [3.05, 3.63) is 0 Å². The molecule has 1 aliphatic heterocycles. The van der Waals surface area contributed by atoms with Gasteiger partial charge in [0.05, 0.1) is 6.26 Å². The molecule has 1 saturated heterocycles. The van der Waals surface area contributed by atoms with Crippen LogP contribution in [0.2, 0.25) is 0 Å². The smallest absolute Gasteiger partial charge is 0.261 e. The molecule has 0 spiro atoms. The fourth-order valence-corrected chi connectivity index (χ4v) is 3.29. The van der Waals surface area contributed by atoms with Gasteiger partial charge in [-0.05, 0) is 44.7 Å². The normalized spacial score (nSPS) is 19.2. The molecular weight excluding hydrogens is 310 g/mol. The summed E-state index contributed by atoms with van der Waals surface area (Å²) in [6.45, 7) is 8.76. The van der Waals surface area contributed by atoms with Gasteiger partial charge in [0.15, 0.2) is 0 Å². The molecule has 1 aliphatic rings. The Morgan fingerprint density at radius 1 is 1.00 bits per heavy atom. The Bertz CT molecular complexity index is 347. The highest BCUT2D eigenvalue weighted by Gasteiger charge is 2.18. The van der Waals surface area contributed by atoms with Crippen molar-refractivity contribution in [1.29, 1.82) is 0 Å². The summed E-state index contributed by atoms with van der Waals surface area (Å²) in [7, 11) is -3.67. The molecular formula is C18H39NO3S. The van der Waals surface area contributed by atoms with E-state index in [0.29, 0.717) is 6.26 Å². The first kappa shape index (κ1) is 22.9. The highest BCUT2D eigenvalue weighted by Crippen LogP contribution is 2.21. The van der Waals surface area contributed by atoms with Crippen molar-refractivity contribution < 1.29 is 13.0 Å². The fourth-order valence-electron chi connectivity index (χ4n) is 3.29. The van der Waals surface area contributed by atoms with Gasteiger partial charge in [0.2, 0.25) is 0 Å². The van der Waals surface area contributed by atoms with Gasteiger partial charge in [0, 0.05) is 6.54 Å². The molecule has 1 rings (SSSR count). The molecule has 0 saturated carbocycles. The minimum absolute atomic E-state index is 0.715. The lowest BCUT2D eigenvalue weighted by Gasteiger charge is -2.32. The van der Waals surface area contributed by atoms with Crippen LogP contribution in [0.1, 0.15) is 84.5 Å². The lowest BCUT2D eigenvalue weighted by Crippen LogP contribution is -2.35. The summed E-state index contributed by atoms with van der Waals surface area (Å²) >= 11 is 0. The Kier molecular flexibility index (Phi) is 14.2. The van der Waals surface area contributed by atoms with Gasteiger partial charge in [-0.2, -0.15) is 8.42 Å². The largest absolute Gasteiger partial charge is 0.303 e. The second-order valence-corrected chi connectivity index (χ2v) is 8.42. The molecule has 1 unspecified atom stereocenters. The first-order valence-electron chi connectivity index (χ1n) is 9.51. The van der Waals surface area contributed by atoms with Crippen LogP contribution < -0.4 is 0 Å². The maximum absolute atomic E-state index is 9.19. The average Bonchev–Trinajstić information content (AvgIpc) is 2.45. The SMILES string of the molecule is CCCCCCCCCN1CCCC(CCC)C1.CS(=O)(=O)O. The van der Waals surface area contributed by atoms with Crippen LogP contribution in [0.3, 0.4) is 0 Å². The average molecular weight is 350 g/mol. The van der Waals surface area contributed by atoms with Gasteiger partial charge >= 0.3 is 0 Å². The molecule has 1 atom stereocenters. The van der Waals surface area contributed by atoms with E-state index in [2.05, 4.69) is 18.7 Å². The molecule has 0 aromatic heterocycles. The zero-order valence-electron chi connectivity index (χ0n) is 15.6. The third-order valence-corrected chi connectivity index (χ3v) is 4.38. The van der Waals surface area contributed by atoms with Crippen molar-refractivity contribution >= 4 is 10.1 Å². The molecule has 140 valence electrons. The minimum atomic E-state index is -3.67. The van der Waals surface area contributed by atoms with Gasteiger partial charge < -0.3 is 4.90 Å². The topological polar surface area (TPSA) is 57.6 Å². The van der Waals surface area contributed by atoms with E-state index in [1.807, 2.05) is 0 Å². The summed E-state index contributed by atoms with van der Waals surface area (Å²) in [6.07, 6.45) is 16.6. The maximum Gasteiger partial charge on any atom is 0.261 e. The van der Waals surface area contributed by atoms with Crippen LogP contribution in [0, 0.1) is 5.92 Å². The molecule has 4 nitrogen and oxygen atoms in total. The molecule has 0 aromatic carbocycles. The highest BCUT2D eigenvalue weighted by atomic mass is 32.2. The molecule has 0 bridgehead atoms. The van der Waals surface area contributed by atoms with E-state index in [4.69, 9.17) is 4.55 Å². The fraction of sp³-hybridized carbons (Fsp3) is 1.00. The Balaban J connectivity index is 0.000000841. The molecule has 23 heavy (non-hydrogen) atoms. The highest BCUT2D eigenvalue weighted by molar-refractivity contribution is 7.85. The number of piperidine rings is 1. The van der Waals surface area contributed by atoms with Crippen LogP contribution in [0.15, 0.2) is 0 Å². The van der Waals surface area contributed by atoms with Gasteiger partial charge in [0.25, 0.3) is 10.1 Å². The minimum Gasteiger partial charge on any atom is -0.303 e. The number of hydrogen-bond acceptors (Lipinski definition) is 3. The second kappa shape index (κ2) is 14.2. The molecule has 0 aromatic rings. The molecule has 0 amide bonds. The maximum atomic E-state index is 9.19. The summed E-state index contributed by atoms with van der Waals surface area (Å²) < 4.78 is 25.9. The zero-order valence-corrected chi connectivity index (χ0v) is 16.4. The van der Waals surface area contributed by atoms with E-state index in [-0.39, 0.29) is 0 Å². The summed E-state index contributed by atoms with van der Waals surface area (Å²) in [5.41, 5.74) is 0. The number of nitrogens with zero attached hydrogens (tertiary/aromatic N) is 1. The Hall–Kier alpha value is -0.130. The Labute approximate surface area is 144 Å². The van der Waals surface area contributed by atoms with Crippen LogP contribution in [0.25, 0.3) is 0 Å². The van der Waals surface area contributed by atoms with Gasteiger partial charge in [-0.1, -0.05) is 58.8 Å². The number of unbranched alkanes of at least 4 members (excludes halogenated alkanes) is 6. The number of hydrogen-bond donors (Lipinski definition) is 1. The van der Waals surface area contributed by atoms with Crippen molar-refractivity contribution in [2.24, 2.45) is 5.92 Å². The van der Waals surface area contributed by atoms with E-state index < -0.39 is 10.1 Å². The first-order chi connectivity index (χ1) is 10.9. The van der Waals surface area contributed by atoms with Crippen molar-refractivity contribution in [3.8, 4) is 0 Å². The molecule has 1 heterocycles. The van der Waals surface area contributed by atoms with Crippen LogP contribution in [0.5, 0.6) is 0 Å². The van der Waals surface area contributed by atoms with Crippen LogP contribution in [0.4, 0.5) is 0 Å². The summed E-state index contributed by atoms with van der Waals surface area (Å²) in [4.78, 5) is 2.73. The van der Waals surface area contributed by atoms with E-state index in [1.165, 1.54) is 90.3 Å². The molecule has 1 fully saturated rings. The molecule has 0 aliphatic carbocycles. The number of likely N-dealkylation sites (tertiary alicyclic amines) is 1. The summed E-state index contributed by atoms with van der Waals surface area (Å²) in [5.74, 6) is 1.01. The van der Waals surface area contributed by atoms with Gasteiger partial charge in [-0.3, -0.25) is 4.55 Å². The lowest BCUT2D eigenvalue weighted by molar-refractivity contribution is 0.165. The Morgan fingerprint density at radius 3 is 2.13 bits per heavy atom. The van der Waals surface area contributed by atoms with Crippen LogP contribution in [-0.4, -0.2) is 43.8 Å². The molecule has 1 N–H and O–H groups in total. The molecule has 0 radical (unpaired) electrons. The predicted molar refractivity (Wildman–Crippen MR) is 99.5 cm³/mol. The summed E-state index contributed by atoms with van der Waals surface area (Å²) in [5, 5.41) is 0. The van der Waals surface area contributed by atoms with Crippen molar-refractivity contribution in [1.82, 2.24) is 4.90 Å². The van der Waals surface area contributed by atoms with Gasteiger partial charge in [-0.25, -0.2) is 0 Å². The second-order valence-electron chi connectivity index (χ2n) is 6.95. The van der Waals surface area contributed by atoms with E-state index in [1.54, 1.807) is 0 Å². The van der Waals surface area contributed by atoms with E-state index in [0.717, 1.165) is 5.92 Å². The van der Waals surface area contributed by atoms with Crippen molar-refractivity contribution in [3.63, 3.8) is 0 Å². The zero-order chi connectivity index (χ0) is 17.6. The van der Waals surface area contributed by atoms with Crippen molar-refractivity contribution in [2.45, 2.75) is 84.5 Å². The van der Waals surface area contributed by atoms with Gasteiger partial charge in [-0.15, -0.1) is 0 Å². The lowest BCUT2D eigenvalue weighted by atomic mass is 9.93. The van der Waals surface area contributed by atoms with Crippen LogP contribution >= 0.6 is 0 Å². The van der Waals surface area contributed by atoms with Crippen molar-refractivity contribution in [2.75, 3.05) is 25.9 Å². The predicted octanol–water partition coefficient (Wildman–Crippen LogP) is 4.75. The monoisotopic (exact) mass is 349 g/mol. The quantitative estimate of drug-likeness (QED) is 0.456. The van der Waals surface area contributed by atoms with Crippen LogP contribution in [-0.2, 0) is 10.1 Å². The van der Waals surface area contributed by atoms with E-state index in [9.17, 15) is 8.42 Å². The first-order valence-corrected chi connectivity index (χ1v) is 11.4. The van der Waals surface area contributed by atoms with E-state index >= 15 is 0 Å². The standard InChI is InChI=1S/C17H35N.CH4O3S/c1-3-5-6-7-8-9-10-14-18-15-11-13-17(16-18)12-4-2;1-5(2,3)4/h17H,3-16H2,1-2H3;1H3,(H,2,3,4). The summed E-state index contributed by atoms with van der Waals surface area (Å²) in [6, 6.07) is 0. The third-order valence-electron chi connectivity index (χ3n) is 4.38. The van der Waals surface area contributed by atoms with Gasteiger partial charge in [0.1, 0.15) is 0 Å². The molecule has 5 heteroatoms. The Morgan fingerprint density at radius 2 is 1.57 bits per heavy atom. The number of rotatable bonds is 10. The third kappa shape index (κ3) is 18.1.